The number of benzene rings is 1. The predicted molar refractivity (Wildman–Crippen MR) is 67.2 cm³/mol. The lowest BCUT2D eigenvalue weighted by Crippen LogP contribution is -2.35. The van der Waals surface area contributed by atoms with Crippen molar-refractivity contribution in [2.75, 3.05) is 18.4 Å². The van der Waals surface area contributed by atoms with Crippen LogP contribution in [0.2, 0.25) is 0 Å². The van der Waals surface area contributed by atoms with Gasteiger partial charge in [-0.3, -0.25) is 0 Å². The van der Waals surface area contributed by atoms with E-state index in [4.69, 9.17) is 0 Å². The molecular weight excluding hydrogens is 216 g/mol. The van der Waals surface area contributed by atoms with Gasteiger partial charge in [-0.2, -0.15) is 0 Å². The number of phenols is 1. The number of phenolic OH excluding ortho intramolecular Hbond substituents is 1. The second kappa shape index (κ2) is 5.57. The number of aromatic hydroxyl groups is 1. The standard InChI is InChI=1S/C13H18N2O2/c16-12-7-5-6-11(10-12)14-13(17)15-8-3-1-2-4-9-15/h5-7,10,16H,1-4,8-9H2,(H,14,17). The van der Waals surface area contributed by atoms with Crippen LogP contribution >= 0.6 is 0 Å². The van der Waals surface area contributed by atoms with Crippen LogP contribution in [0.1, 0.15) is 25.7 Å². The van der Waals surface area contributed by atoms with Gasteiger partial charge in [-0.1, -0.05) is 18.9 Å². The van der Waals surface area contributed by atoms with Crippen molar-refractivity contribution >= 4 is 11.7 Å². The molecule has 0 atom stereocenters. The molecule has 2 amide bonds. The molecule has 2 rings (SSSR count). The van der Waals surface area contributed by atoms with E-state index in [9.17, 15) is 9.90 Å². The smallest absolute Gasteiger partial charge is 0.321 e. The van der Waals surface area contributed by atoms with Crippen molar-refractivity contribution in [2.24, 2.45) is 0 Å². The quantitative estimate of drug-likeness (QED) is 0.785. The maximum atomic E-state index is 12.0. The number of carbonyl (C=O) groups excluding carboxylic acids is 1. The number of carbonyl (C=O) groups is 1. The van der Waals surface area contributed by atoms with E-state index < -0.39 is 0 Å². The average Bonchev–Trinajstić information content (AvgIpc) is 2.57. The lowest BCUT2D eigenvalue weighted by Gasteiger charge is -2.20. The van der Waals surface area contributed by atoms with E-state index >= 15 is 0 Å². The molecule has 4 nitrogen and oxygen atoms in total. The van der Waals surface area contributed by atoms with Gasteiger partial charge in [0.15, 0.2) is 0 Å². The molecule has 0 radical (unpaired) electrons. The zero-order chi connectivity index (χ0) is 12.1. The highest BCUT2D eigenvalue weighted by Crippen LogP contribution is 2.17. The summed E-state index contributed by atoms with van der Waals surface area (Å²) in [6, 6.07) is 6.55. The fraction of sp³-hybridized carbons (Fsp3) is 0.462. The molecule has 0 aromatic heterocycles. The normalized spacial score (nSPS) is 16.4. The highest BCUT2D eigenvalue weighted by molar-refractivity contribution is 5.89. The Morgan fingerprint density at radius 3 is 2.53 bits per heavy atom. The Hall–Kier alpha value is -1.71. The van der Waals surface area contributed by atoms with Crippen LogP contribution < -0.4 is 5.32 Å². The summed E-state index contributed by atoms with van der Waals surface area (Å²) in [4.78, 5) is 13.8. The van der Waals surface area contributed by atoms with E-state index in [1.54, 1.807) is 24.3 Å². The van der Waals surface area contributed by atoms with Crippen molar-refractivity contribution in [3.05, 3.63) is 24.3 Å². The zero-order valence-corrected chi connectivity index (χ0v) is 9.85. The van der Waals surface area contributed by atoms with E-state index in [0.29, 0.717) is 5.69 Å². The number of nitrogens with zero attached hydrogens (tertiary/aromatic N) is 1. The molecule has 1 heterocycles. The monoisotopic (exact) mass is 234 g/mol. The fourth-order valence-electron chi connectivity index (χ4n) is 2.06. The van der Waals surface area contributed by atoms with E-state index in [1.807, 2.05) is 4.90 Å². The van der Waals surface area contributed by atoms with Gasteiger partial charge in [0.2, 0.25) is 0 Å². The van der Waals surface area contributed by atoms with Gasteiger partial charge in [-0.15, -0.1) is 0 Å². The number of rotatable bonds is 1. The fourth-order valence-corrected chi connectivity index (χ4v) is 2.06. The SMILES string of the molecule is O=C(Nc1cccc(O)c1)N1CCCCCC1. The molecule has 1 aromatic rings. The number of likely N-dealkylation sites (tertiary alicyclic amines) is 1. The van der Waals surface area contributed by atoms with Gasteiger partial charge in [-0.05, 0) is 25.0 Å². The van der Waals surface area contributed by atoms with Crippen molar-refractivity contribution in [1.82, 2.24) is 4.90 Å². The van der Waals surface area contributed by atoms with Crippen LogP contribution in [-0.4, -0.2) is 29.1 Å². The molecule has 1 saturated heterocycles. The van der Waals surface area contributed by atoms with Gasteiger partial charge in [0.05, 0.1) is 0 Å². The van der Waals surface area contributed by atoms with Gasteiger partial charge >= 0.3 is 6.03 Å². The van der Waals surface area contributed by atoms with Crippen LogP contribution in [-0.2, 0) is 0 Å². The first kappa shape index (κ1) is 11.8. The van der Waals surface area contributed by atoms with Crippen molar-refractivity contribution in [2.45, 2.75) is 25.7 Å². The minimum absolute atomic E-state index is 0.0718. The summed E-state index contributed by atoms with van der Waals surface area (Å²) in [5.74, 6) is 0.165. The summed E-state index contributed by atoms with van der Waals surface area (Å²) in [6.07, 6.45) is 4.56. The Balaban J connectivity index is 1.95. The van der Waals surface area contributed by atoms with Crippen LogP contribution in [0.5, 0.6) is 5.75 Å². The van der Waals surface area contributed by atoms with Crippen molar-refractivity contribution in [3.8, 4) is 5.75 Å². The third-order valence-corrected chi connectivity index (χ3v) is 2.99. The molecule has 0 unspecified atom stereocenters. The third-order valence-electron chi connectivity index (χ3n) is 2.99. The lowest BCUT2D eigenvalue weighted by molar-refractivity contribution is 0.214. The summed E-state index contributed by atoms with van der Waals surface area (Å²) in [5.41, 5.74) is 0.638. The van der Waals surface area contributed by atoms with Crippen LogP contribution in [0.3, 0.4) is 0 Å². The van der Waals surface area contributed by atoms with Crippen molar-refractivity contribution < 1.29 is 9.90 Å². The molecule has 4 heteroatoms. The topological polar surface area (TPSA) is 52.6 Å². The Morgan fingerprint density at radius 1 is 1.18 bits per heavy atom. The maximum absolute atomic E-state index is 12.0. The van der Waals surface area contributed by atoms with E-state index in [0.717, 1.165) is 25.9 Å². The molecule has 92 valence electrons. The summed E-state index contributed by atoms with van der Waals surface area (Å²) >= 11 is 0. The number of urea groups is 1. The van der Waals surface area contributed by atoms with Gasteiger partial charge < -0.3 is 15.3 Å². The Morgan fingerprint density at radius 2 is 1.88 bits per heavy atom. The number of nitrogens with one attached hydrogen (secondary N) is 1. The molecule has 0 bridgehead atoms. The third kappa shape index (κ3) is 3.37. The van der Waals surface area contributed by atoms with Crippen LogP contribution in [0.25, 0.3) is 0 Å². The minimum atomic E-state index is -0.0718. The van der Waals surface area contributed by atoms with Crippen LogP contribution in [0.15, 0.2) is 24.3 Å². The van der Waals surface area contributed by atoms with Gasteiger partial charge in [0, 0.05) is 24.8 Å². The molecule has 1 aliphatic rings. The van der Waals surface area contributed by atoms with Gasteiger partial charge in [-0.25, -0.2) is 4.79 Å². The molecular formula is C13H18N2O2. The number of hydrogen-bond acceptors (Lipinski definition) is 2. The van der Waals surface area contributed by atoms with Crippen LogP contribution in [0, 0.1) is 0 Å². The highest BCUT2D eigenvalue weighted by atomic mass is 16.3. The number of hydrogen-bond donors (Lipinski definition) is 2. The summed E-state index contributed by atoms with van der Waals surface area (Å²) < 4.78 is 0. The molecule has 0 aliphatic carbocycles. The molecule has 1 aliphatic heterocycles. The maximum Gasteiger partial charge on any atom is 0.321 e. The van der Waals surface area contributed by atoms with Crippen molar-refractivity contribution in [3.63, 3.8) is 0 Å². The van der Waals surface area contributed by atoms with Crippen LogP contribution in [0.4, 0.5) is 10.5 Å². The van der Waals surface area contributed by atoms with E-state index in [1.165, 1.54) is 12.8 Å². The number of amides is 2. The average molecular weight is 234 g/mol. The largest absolute Gasteiger partial charge is 0.508 e. The van der Waals surface area contributed by atoms with Gasteiger partial charge in [0.1, 0.15) is 5.75 Å². The lowest BCUT2D eigenvalue weighted by atomic mass is 10.2. The molecule has 0 saturated carbocycles. The molecule has 1 aromatic carbocycles. The number of anilines is 1. The Kier molecular flexibility index (Phi) is 3.85. The van der Waals surface area contributed by atoms with Gasteiger partial charge in [0.25, 0.3) is 0 Å². The first-order chi connectivity index (χ1) is 8.25. The minimum Gasteiger partial charge on any atom is -0.508 e. The highest BCUT2D eigenvalue weighted by Gasteiger charge is 2.15. The molecule has 1 fully saturated rings. The second-order valence-electron chi connectivity index (χ2n) is 4.38. The Bertz CT molecular complexity index is 385. The van der Waals surface area contributed by atoms with E-state index in [2.05, 4.69) is 5.32 Å². The first-order valence-electron chi connectivity index (χ1n) is 6.11. The Labute approximate surface area is 101 Å². The second-order valence-corrected chi connectivity index (χ2v) is 4.38. The molecule has 0 spiro atoms. The molecule has 17 heavy (non-hydrogen) atoms. The summed E-state index contributed by atoms with van der Waals surface area (Å²) in [6.45, 7) is 1.65. The first-order valence-corrected chi connectivity index (χ1v) is 6.11. The predicted octanol–water partition coefficient (Wildman–Crippen LogP) is 2.80. The summed E-state index contributed by atoms with van der Waals surface area (Å²) in [5, 5.41) is 12.1. The van der Waals surface area contributed by atoms with Crippen molar-refractivity contribution in [1.29, 1.82) is 0 Å². The zero-order valence-electron chi connectivity index (χ0n) is 9.85. The summed E-state index contributed by atoms with van der Waals surface area (Å²) in [7, 11) is 0. The molecule has 2 N–H and O–H groups in total. The van der Waals surface area contributed by atoms with E-state index in [-0.39, 0.29) is 11.8 Å².